The Balaban J connectivity index is 1.77. The highest BCUT2D eigenvalue weighted by Crippen LogP contribution is 2.24. The Morgan fingerprint density at radius 3 is 2.94 bits per heavy atom. The van der Waals surface area contributed by atoms with Gasteiger partial charge in [0.05, 0.1) is 11.9 Å². The third-order valence-electron chi connectivity index (χ3n) is 3.60. The average Bonchev–Trinajstić information content (AvgIpc) is 2.60. The summed E-state index contributed by atoms with van der Waals surface area (Å²) in [5, 5.41) is 4.24. The van der Waals surface area contributed by atoms with Crippen molar-refractivity contribution < 1.29 is 0 Å². The smallest absolute Gasteiger partial charge is 0.129 e. The van der Waals surface area contributed by atoms with Gasteiger partial charge in [-0.25, -0.2) is 4.98 Å². The van der Waals surface area contributed by atoms with Crippen molar-refractivity contribution in [1.29, 1.82) is 0 Å². The second-order valence-corrected chi connectivity index (χ2v) is 5.10. The molecule has 86 valence electrons. The summed E-state index contributed by atoms with van der Waals surface area (Å²) in [4.78, 5) is 6.57. The molecule has 0 saturated carbocycles. The van der Waals surface area contributed by atoms with E-state index in [0.717, 1.165) is 19.1 Å². The fraction of sp³-hybridized carbons (Fsp3) is 0.583. The number of hydrogen-bond donors (Lipinski definition) is 1. The Kier molecular flexibility index (Phi) is 2.74. The lowest BCUT2D eigenvalue weighted by molar-refractivity contribution is 0.563. The number of fused-ring (bicyclic) bond motifs is 2. The van der Waals surface area contributed by atoms with Crippen LogP contribution in [0.15, 0.2) is 18.3 Å². The first-order valence-corrected chi connectivity index (χ1v) is 6.31. The molecule has 2 bridgehead atoms. The highest BCUT2D eigenvalue weighted by molar-refractivity contribution is 6.29. The predicted octanol–water partition coefficient (Wildman–Crippen LogP) is 2.07. The van der Waals surface area contributed by atoms with E-state index in [-0.39, 0.29) is 0 Å². The maximum atomic E-state index is 5.80. The van der Waals surface area contributed by atoms with Gasteiger partial charge in [0, 0.05) is 25.2 Å². The predicted molar refractivity (Wildman–Crippen MR) is 66.0 cm³/mol. The van der Waals surface area contributed by atoms with Crippen LogP contribution >= 0.6 is 11.6 Å². The van der Waals surface area contributed by atoms with E-state index in [2.05, 4.69) is 21.3 Å². The third-order valence-corrected chi connectivity index (χ3v) is 3.82. The molecule has 0 spiro atoms. The number of pyridine rings is 1. The SMILES string of the molecule is Clc1ccc(N2CC[C@H]3CC[C@@H](C2)N3)cn1. The molecule has 16 heavy (non-hydrogen) atoms. The molecule has 1 aromatic heterocycles. The minimum absolute atomic E-state index is 0.568. The Labute approximate surface area is 101 Å². The van der Waals surface area contributed by atoms with Crippen molar-refractivity contribution in [3.8, 4) is 0 Å². The van der Waals surface area contributed by atoms with Crippen LogP contribution in [0.5, 0.6) is 0 Å². The Morgan fingerprint density at radius 2 is 2.12 bits per heavy atom. The number of anilines is 1. The number of halogens is 1. The molecule has 0 unspecified atom stereocenters. The van der Waals surface area contributed by atoms with Crippen LogP contribution in [0.25, 0.3) is 0 Å². The quantitative estimate of drug-likeness (QED) is 0.758. The molecule has 4 heteroatoms. The third kappa shape index (κ3) is 2.02. The molecular formula is C12H16ClN3. The van der Waals surface area contributed by atoms with E-state index in [1.54, 1.807) is 0 Å². The zero-order valence-electron chi connectivity index (χ0n) is 9.19. The molecule has 2 fully saturated rings. The molecule has 2 saturated heterocycles. The normalized spacial score (nSPS) is 29.2. The van der Waals surface area contributed by atoms with Crippen molar-refractivity contribution in [2.24, 2.45) is 0 Å². The van der Waals surface area contributed by atoms with Gasteiger partial charge >= 0.3 is 0 Å². The fourth-order valence-electron chi connectivity index (χ4n) is 2.73. The Bertz CT molecular complexity index is 365. The molecule has 0 amide bonds. The molecule has 3 heterocycles. The number of aromatic nitrogens is 1. The first-order valence-electron chi connectivity index (χ1n) is 5.94. The minimum atomic E-state index is 0.568. The Hall–Kier alpha value is -0.800. The molecule has 0 aliphatic carbocycles. The van der Waals surface area contributed by atoms with E-state index < -0.39 is 0 Å². The molecule has 3 rings (SSSR count). The van der Waals surface area contributed by atoms with E-state index in [1.807, 2.05) is 12.3 Å². The number of hydrogen-bond acceptors (Lipinski definition) is 3. The van der Waals surface area contributed by atoms with Gasteiger partial charge in [0.25, 0.3) is 0 Å². The molecule has 2 atom stereocenters. The molecular weight excluding hydrogens is 222 g/mol. The summed E-state index contributed by atoms with van der Waals surface area (Å²) >= 11 is 5.80. The number of nitrogens with zero attached hydrogens (tertiary/aromatic N) is 2. The van der Waals surface area contributed by atoms with Crippen LogP contribution in [0.2, 0.25) is 5.15 Å². The van der Waals surface area contributed by atoms with Crippen LogP contribution in [0.1, 0.15) is 19.3 Å². The largest absolute Gasteiger partial charge is 0.369 e. The van der Waals surface area contributed by atoms with E-state index >= 15 is 0 Å². The summed E-state index contributed by atoms with van der Waals surface area (Å²) < 4.78 is 0. The second kappa shape index (κ2) is 4.22. The summed E-state index contributed by atoms with van der Waals surface area (Å²) in [5.41, 5.74) is 1.19. The van der Waals surface area contributed by atoms with Gasteiger partial charge in [0.15, 0.2) is 0 Å². The van der Waals surface area contributed by atoms with Gasteiger partial charge in [-0.1, -0.05) is 11.6 Å². The van der Waals surface area contributed by atoms with Crippen molar-refractivity contribution in [2.45, 2.75) is 31.3 Å². The van der Waals surface area contributed by atoms with Gasteiger partial charge in [-0.15, -0.1) is 0 Å². The van der Waals surface area contributed by atoms with E-state index in [0.29, 0.717) is 11.2 Å². The maximum absolute atomic E-state index is 5.80. The summed E-state index contributed by atoms with van der Waals surface area (Å²) in [7, 11) is 0. The first-order chi connectivity index (χ1) is 7.81. The molecule has 1 aromatic rings. The second-order valence-electron chi connectivity index (χ2n) is 4.71. The molecule has 3 nitrogen and oxygen atoms in total. The van der Waals surface area contributed by atoms with Gasteiger partial charge in [0.1, 0.15) is 5.15 Å². The summed E-state index contributed by atoms with van der Waals surface area (Å²) in [5.74, 6) is 0. The monoisotopic (exact) mass is 237 g/mol. The van der Waals surface area contributed by atoms with E-state index in [9.17, 15) is 0 Å². The summed E-state index contributed by atoms with van der Waals surface area (Å²) in [6, 6.07) is 5.32. The van der Waals surface area contributed by atoms with Gasteiger partial charge < -0.3 is 10.2 Å². The lowest BCUT2D eigenvalue weighted by atomic mass is 10.1. The first kappa shape index (κ1) is 10.4. The molecule has 2 aliphatic rings. The molecule has 0 aromatic carbocycles. The number of nitrogens with one attached hydrogen (secondary N) is 1. The van der Waals surface area contributed by atoms with E-state index in [4.69, 9.17) is 11.6 Å². The highest BCUT2D eigenvalue weighted by atomic mass is 35.5. The maximum Gasteiger partial charge on any atom is 0.129 e. The van der Waals surface area contributed by atoms with Gasteiger partial charge in [-0.05, 0) is 31.4 Å². The zero-order valence-corrected chi connectivity index (χ0v) is 9.95. The lowest BCUT2D eigenvalue weighted by Crippen LogP contribution is -2.35. The summed E-state index contributed by atoms with van der Waals surface area (Å²) in [6.07, 6.45) is 5.76. The molecule has 0 radical (unpaired) electrons. The van der Waals surface area contributed by atoms with Crippen molar-refractivity contribution in [3.05, 3.63) is 23.5 Å². The minimum Gasteiger partial charge on any atom is -0.369 e. The topological polar surface area (TPSA) is 28.2 Å². The number of rotatable bonds is 1. The lowest BCUT2D eigenvalue weighted by Gasteiger charge is -2.25. The fourth-order valence-corrected chi connectivity index (χ4v) is 2.84. The van der Waals surface area contributed by atoms with Crippen LogP contribution in [-0.4, -0.2) is 30.2 Å². The average molecular weight is 238 g/mol. The van der Waals surface area contributed by atoms with Crippen LogP contribution < -0.4 is 10.2 Å². The zero-order chi connectivity index (χ0) is 11.0. The van der Waals surface area contributed by atoms with E-state index in [1.165, 1.54) is 24.9 Å². The van der Waals surface area contributed by atoms with Crippen molar-refractivity contribution in [1.82, 2.24) is 10.3 Å². The highest BCUT2D eigenvalue weighted by Gasteiger charge is 2.29. The van der Waals surface area contributed by atoms with Crippen LogP contribution in [0.4, 0.5) is 5.69 Å². The standard InChI is InChI=1S/C12H16ClN3/c13-12-4-3-11(7-14-12)16-6-5-9-1-2-10(8-16)15-9/h3-4,7,9-10,15H,1-2,5-6,8H2/t9-,10+/m1/s1. The molecule has 1 N–H and O–H groups in total. The van der Waals surface area contributed by atoms with Crippen LogP contribution in [-0.2, 0) is 0 Å². The van der Waals surface area contributed by atoms with Crippen LogP contribution in [0, 0.1) is 0 Å². The Morgan fingerprint density at radius 1 is 1.25 bits per heavy atom. The van der Waals surface area contributed by atoms with Crippen molar-refractivity contribution in [2.75, 3.05) is 18.0 Å². The molecule has 2 aliphatic heterocycles. The van der Waals surface area contributed by atoms with Gasteiger partial charge in [-0.2, -0.15) is 0 Å². The van der Waals surface area contributed by atoms with Crippen molar-refractivity contribution in [3.63, 3.8) is 0 Å². The van der Waals surface area contributed by atoms with Crippen molar-refractivity contribution >= 4 is 17.3 Å². The van der Waals surface area contributed by atoms with Gasteiger partial charge in [0.2, 0.25) is 0 Å². The van der Waals surface area contributed by atoms with Gasteiger partial charge in [-0.3, -0.25) is 0 Å². The van der Waals surface area contributed by atoms with Crippen LogP contribution in [0.3, 0.4) is 0 Å². The summed E-state index contributed by atoms with van der Waals surface area (Å²) in [6.45, 7) is 2.22.